The molecular weight excluding hydrogens is 486 g/mol. The molecule has 1 aliphatic rings. The molecule has 2 aromatic rings. The van der Waals surface area contributed by atoms with E-state index >= 15 is 0 Å². The van der Waals surface area contributed by atoms with Crippen molar-refractivity contribution < 1.29 is 24.2 Å². The zero-order valence-electron chi connectivity index (χ0n) is 24.0. The van der Waals surface area contributed by atoms with Crippen LogP contribution in [0.2, 0.25) is 0 Å². The molecule has 1 aliphatic heterocycles. The zero-order valence-corrected chi connectivity index (χ0v) is 24.0. The van der Waals surface area contributed by atoms with Crippen LogP contribution in [0.15, 0.2) is 24.3 Å². The number of fused-ring (bicyclic) bond motifs is 1. The van der Waals surface area contributed by atoms with Gasteiger partial charge in [-0.3, -0.25) is 0 Å². The lowest BCUT2D eigenvalue weighted by Gasteiger charge is -2.27. The number of carbonyl (C=O) groups excluding carboxylic acids is 2. The Morgan fingerprint density at radius 3 is 2.45 bits per heavy atom. The molecule has 38 heavy (non-hydrogen) atoms. The van der Waals surface area contributed by atoms with E-state index in [1.807, 2.05) is 58.9 Å². The van der Waals surface area contributed by atoms with Gasteiger partial charge in [0, 0.05) is 25.0 Å². The number of alkyl carbamates (subject to hydrolysis) is 1. The fourth-order valence-electron chi connectivity index (χ4n) is 3.81. The Hall–Kier alpha value is -3.24. The largest absolute Gasteiger partial charge is 0.444 e. The molecule has 3 atom stereocenters. The number of aldehydes is 1. The Balaban J connectivity index is 0.00000118. The van der Waals surface area contributed by atoms with Crippen LogP contribution in [0.3, 0.4) is 0 Å². The van der Waals surface area contributed by atoms with E-state index in [1.165, 1.54) is 0 Å². The summed E-state index contributed by atoms with van der Waals surface area (Å²) in [6.07, 6.45) is 2.19. The molecule has 10 heteroatoms. The molecule has 0 fully saturated rings. The molecule has 1 aromatic heterocycles. The summed E-state index contributed by atoms with van der Waals surface area (Å²) in [7, 11) is 1.68. The Morgan fingerprint density at radius 2 is 1.89 bits per heavy atom. The van der Waals surface area contributed by atoms with Gasteiger partial charge in [0.25, 0.3) is 0 Å². The first kappa shape index (κ1) is 31.0. The molecule has 0 aliphatic carbocycles. The summed E-state index contributed by atoms with van der Waals surface area (Å²) in [5.74, 6) is 0.139. The Bertz CT molecular complexity index is 1140. The third kappa shape index (κ3) is 8.39. The van der Waals surface area contributed by atoms with Crippen LogP contribution in [0.4, 0.5) is 10.6 Å². The topological polar surface area (TPSA) is 135 Å². The van der Waals surface area contributed by atoms with Gasteiger partial charge in [0.2, 0.25) is 0 Å². The van der Waals surface area contributed by atoms with Gasteiger partial charge in [-0.05, 0) is 67.5 Å². The van der Waals surface area contributed by atoms with Gasteiger partial charge in [-0.15, -0.1) is 0 Å². The standard InChI is InChI=1S/C25H35N5O4.C3H8O/c1-14(27-23(33)34-24(3,4)5)20-16(12-31)11-19(28-20)17-9-8-10-18-21(17)29-22(15(2)26-18)30-25(6,7)13-32;1-3-4-2/h8-12,14,16,20,28,32H,13H2,1-7H3,(H,27,33)(H,29,30);3H2,1-2H3. The number of aryl methyl sites for hydroxylation is 1. The second-order valence-electron chi connectivity index (χ2n) is 11.0. The third-order valence-electron chi connectivity index (χ3n) is 5.84. The van der Waals surface area contributed by atoms with Crippen LogP contribution in [0.5, 0.6) is 0 Å². The quantitative estimate of drug-likeness (QED) is 0.377. The molecule has 0 radical (unpaired) electrons. The summed E-state index contributed by atoms with van der Waals surface area (Å²) in [4.78, 5) is 33.6. The van der Waals surface area contributed by atoms with Crippen molar-refractivity contribution >= 4 is 34.9 Å². The first-order chi connectivity index (χ1) is 17.7. The summed E-state index contributed by atoms with van der Waals surface area (Å²) in [6.45, 7) is 15.6. The fraction of sp³-hybridized carbons (Fsp3) is 0.571. The van der Waals surface area contributed by atoms with E-state index in [0.29, 0.717) is 11.3 Å². The van der Waals surface area contributed by atoms with Crippen LogP contribution >= 0.6 is 0 Å². The van der Waals surface area contributed by atoms with Crippen LogP contribution in [0.1, 0.15) is 59.7 Å². The SMILES string of the molecule is CCOC.Cc1nc2cccc(C3=CC(C=O)C(C(C)NC(=O)OC(C)(C)C)N3)c2nc1NC(C)(C)CO. The molecule has 10 nitrogen and oxygen atoms in total. The Morgan fingerprint density at radius 1 is 1.24 bits per heavy atom. The number of nitrogens with one attached hydrogen (secondary N) is 3. The van der Waals surface area contributed by atoms with E-state index in [4.69, 9.17) is 9.72 Å². The lowest BCUT2D eigenvalue weighted by atomic mass is 9.98. The molecule has 3 rings (SSSR count). The smallest absolute Gasteiger partial charge is 0.407 e. The van der Waals surface area contributed by atoms with E-state index in [2.05, 4.69) is 25.7 Å². The van der Waals surface area contributed by atoms with Crippen LogP contribution in [-0.2, 0) is 14.3 Å². The molecule has 0 saturated heterocycles. The van der Waals surface area contributed by atoms with E-state index in [-0.39, 0.29) is 18.7 Å². The Kier molecular flexibility index (Phi) is 10.6. The fourth-order valence-corrected chi connectivity index (χ4v) is 3.81. The van der Waals surface area contributed by atoms with Gasteiger partial charge >= 0.3 is 6.09 Å². The van der Waals surface area contributed by atoms with Gasteiger partial charge in [0.1, 0.15) is 23.2 Å². The zero-order chi connectivity index (χ0) is 28.7. The van der Waals surface area contributed by atoms with E-state index in [0.717, 1.165) is 35.4 Å². The van der Waals surface area contributed by atoms with Crippen molar-refractivity contribution in [3.63, 3.8) is 0 Å². The Labute approximate surface area is 225 Å². The van der Waals surface area contributed by atoms with Crippen molar-refractivity contribution in [2.75, 3.05) is 25.6 Å². The number of carbonyl (C=O) groups is 2. The monoisotopic (exact) mass is 529 g/mol. The molecule has 0 saturated carbocycles. The number of anilines is 1. The number of nitrogens with zero attached hydrogens (tertiary/aromatic N) is 2. The second-order valence-corrected chi connectivity index (χ2v) is 11.0. The lowest BCUT2D eigenvalue weighted by Crippen LogP contribution is -2.50. The van der Waals surface area contributed by atoms with Gasteiger partial charge < -0.3 is 35.3 Å². The van der Waals surface area contributed by atoms with Gasteiger partial charge in [0.05, 0.1) is 41.4 Å². The van der Waals surface area contributed by atoms with Crippen LogP contribution in [0, 0.1) is 12.8 Å². The molecular formula is C28H43N5O5. The third-order valence-corrected chi connectivity index (χ3v) is 5.84. The summed E-state index contributed by atoms with van der Waals surface area (Å²) in [5.41, 5.74) is 2.47. The average molecular weight is 530 g/mol. The van der Waals surface area contributed by atoms with Crippen molar-refractivity contribution in [3.05, 3.63) is 35.5 Å². The highest BCUT2D eigenvalue weighted by molar-refractivity contribution is 5.91. The van der Waals surface area contributed by atoms with Crippen molar-refractivity contribution in [1.29, 1.82) is 0 Å². The molecule has 3 unspecified atom stereocenters. The number of hydrogen-bond acceptors (Lipinski definition) is 9. The molecule has 0 bridgehead atoms. The van der Waals surface area contributed by atoms with E-state index < -0.39 is 23.2 Å². The molecule has 4 N–H and O–H groups in total. The molecule has 1 amide bonds. The number of aliphatic hydroxyl groups excluding tert-OH is 1. The maximum Gasteiger partial charge on any atom is 0.407 e. The summed E-state index contributed by atoms with van der Waals surface area (Å²) >= 11 is 0. The van der Waals surface area contributed by atoms with Gasteiger partial charge in [-0.1, -0.05) is 12.1 Å². The summed E-state index contributed by atoms with van der Waals surface area (Å²) in [6, 6.07) is 4.98. The van der Waals surface area contributed by atoms with Gasteiger partial charge in [0.15, 0.2) is 0 Å². The lowest BCUT2D eigenvalue weighted by molar-refractivity contribution is -0.110. The molecule has 2 heterocycles. The normalized spacial score (nSPS) is 18.0. The summed E-state index contributed by atoms with van der Waals surface area (Å²) in [5, 5.41) is 19.1. The highest BCUT2D eigenvalue weighted by Gasteiger charge is 2.34. The average Bonchev–Trinajstić information content (AvgIpc) is 3.27. The van der Waals surface area contributed by atoms with Gasteiger partial charge in [-0.2, -0.15) is 0 Å². The predicted octanol–water partition coefficient (Wildman–Crippen LogP) is 3.81. The number of benzene rings is 1. The van der Waals surface area contributed by atoms with Crippen molar-refractivity contribution in [3.8, 4) is 0 Å². The van der Waals surface area contributed by atoms with Crippen molar-refractivity contribution in [2.45, 2.75) is 78.6 Å². The number of aliphatic hydroxyl groups is 1. The maximum absolute atomic E-state index is 12.2. The van der Waals surface area contributed by atoms with Crippen LogP contribution in [-0.4, -0.2) is 71.0 Å². The number of rotatable bonds is 8. The minimum atomic E-state index is -0.615. The summed E-state index contributed by atoms with van der Waals surface area (Å²) < 4.78 is 9.89. The minimum absolute atomic E-state index is 0.0637. The van der Waals surface area contributed by atoms with Crippen LogP contribution in [0.25, 0.3) is 16.7 Å². The molecule has 0 spiro atoms. The first-order valence-corrected chi connectivity index (χ1v) is 12.8. The molecule has 210 valence electrons. The highest BCUT2D eigenvalue weighted by Crippen LogP contribution is 2.30. The molecule has 1 aromatic carbocycles. The van der Waals surface area contributed by atoms with E-state index in [1.54, 1.807) is 27.9 Å². The van der Waals surface area contributed by atoms with Crippen LogP contribution < -0.4 is 16.0 Å². The number of aromatic nitrogens is 2. The highest BCUT2D eigenvalue weighted by atomic mass is 16.6. The number of para-hydroxylation sites is 1. The predicted molar refractivity (Wildman–Crippen MR) is 150 cm³/mol. The van der Waals surface area contributed by atoms with Crippen molar-refractivity contribution in [1.82, 2.24) is 20.6 Å². The minimum Gasteiger partial charge on any atom is -0.444 e. The van der Waals surface area contributed by atoms with Crippen molar-refractivity contribution in [2.24, 2.45) is 5.92 Å². The van der Waals surface area contributed by atoms with Gasteiger partial charge in [-0.25, -0.2) is 14.8 Å². The first-order valence-electron chi connectivity index (χ1n) is 12.8. The maximum atomic E-state index is 12.2. The van der Waals surface area contributed by atoms with E-state index in [9.17, 15) is 14.7 Å². The number of hydrogen-bond donors (Lipinski definition) is 4. The number of methoxy groups -OCH3 is 1. The second kappa shape index (κ2) is 13.0. The number of ether oxygens (including phenoxy) is 2. The number of amides is 1.